The van der Waals surface area contributed by atoms with Crippen LogP contribution in [0.15, 0.2) is 23.8 Å². The van der Waals surface area contributed by atoms with E-state index in [-0.39, 0.29) is 0 Å². The minimum absolute atomic E-state index is 0.546. The van der Waals surface area contributed by atoms with Crippen molar-refractivity contribution in [3.05, 3.63) is 23.8 Å². The molecule has 0 bridgehead atoms. The van der Waals surface area contributed by atoms with Gasteiger partial charge in [-0.3, -0.25) is 0 Å². The smallest absolute Gasteiger partial charge is 0.0101 e. The van der Waals surface area contributed by atoms with Gasteiger partial charge in [-0.1, -0.05) is 51.5 Å². The third kappa shape index (κ3) is 3.02. The second-order valence-electron chi connectivity index (χ2n) is 3.33. The Morgan fingerprint density at radius 1 is 1.15 bits per heavy atom. The molecular weight excluding hydrogens is 156 g/mol. The number of allylic oxidation sites excluding steroid dienone is 4. The predicted octanol–water partition coefficient (Wildman–Crippen LogP) is 4.73. The normalized spacial score (nSPS) is 27.9. The van der Waals surface area contributed by atoms with Crippen molar-refractivity contribution in [2.75, 3.05) is 0 Å². The van der Waals surface area contributed by atoms with Gasteiger partial charge in [0, 0.05) is 5.41 Å². The topological polar surface area (TPSA) is 0 Å². The zero-order chi connectivity index (χ0) is 10.3. The van der Waals surface area contributed by atoms with Crippen LogP contribution < -0.4 is 0 Å². The molecule has 0 radical (unpaired) electrons. The third-order valence-electron chi connectivity index (χ3n) is 2.47. The molecule has 0 aromatic heterocycles. The summed E-state index contributed by atoms with van der Waals surface area (Å²) in [4.78, 5) is 0. The average Bonchev–Trinajstić information content (AvgIpc) is 2.54. The minimum Gasteiger partial charge on any atom is -0.0865 e. The highest BCUT2D eigenvalue weighted by Crippen LogP contribution is 2.45. The third-order valence-corrected chi connectivity index (χ3v) is 2.47. The van der Waals surface area contributed by atoms with Crippen molar-refractivity contribution in [2.45, 2.75) is 53.9 Å². The molecule has 0 aromatic rings. The number of hydrogen-bond donors (Lipinski definition) is 0. The van der Waals surface area contributed by atoms with Crippen LogP contribution in [0.2, 0.25) is 0 Å². The van der Waals surface area contributed by atoms with Gasteiger partial charge in [-0.25, -0.2) is 0 Å². The van der Waals surface area contributed by atoms with Gasteiger partial charge in [0.25, 0.3) is 0 Å². The molecule has 0 N–H and O–H groups in total. The highest BCUT2D eigenvalue weighted by Gasteiger charge is 2.32. The molecule has 0 aromatic carbocycles. The molecule has 0 heterocycles. The summed E-state index contributed by atoms with van der Waals surface area (Å²) in [6.07, 6.45) is 11.1. The maximum atomic E-state index is 2.44. The molecule has 76 valence electrons. The fraction of sp³-hybridized carbons (Fsp3) is 0.692. The van der Waals surface area contributed by atoms with Gasteiger partial charge in [-0.05, 0) is 26.2 Å². The Balaban J connectivity index is 0.000000322. The first-order valence-corrected chi connectivity index (χ1v) is 5.67. The van der Waals surface area contributed by atoms with Crippen molar-refractivity contribution in [1.29, 1.82) is 0 Å². The largest absolute Gasteiger partial charge is 0.0865 e. The van der Waals surface area contributed by atoms with Crippen LogP contribution in [0.25, 0.3) is 0 Å². The maximum Gasteiger partial charge on any atom is 0.0101 e. The van der Waals surface area contributed by atoms with E-state index in [1.807, 2.05) is 27.7 Å². The Hall–Kier alpha value is -0.520. The van der Waals surface area contributed by atoms with Crippen LogP contribution in [-0.4, -0.2) is 0 Å². The zero-order valence-corrected chi connectivity index (χ0v) is 9.85. The van der Waals surface area contributed by atoms with E-state index in [0.29, 0.717) is 5.41 Å². The molecule has 2 aliphatic carbocycles. The Kier molecular flexibility index (Phi) is 5.77. The molecule has 1 spiro atoms. The molecule has 0 aliphatic heterocycles. The molecule has 0 nitrogen and oxygen atoms in total. The van der Waals surface area contributed by atoms with E-state index in [1.54, 1.807) is 5.57 Å². The molecule has 13 heavy (non-hydrogen) atoms. The SMILES string of the molecule is CC.CC.CC1=CC2(C=CC2)CC1. The average molecular weight is 180 g/mol. The van der Waals surface area contributed by atoms with Crippen molar-refractivity contribution in [3.8, 4) is 0 Å². The van der Waals surface area contributed by atoms with E-state index in [2.05, 4.69) is 25.2 Å². The summed E-state index contributed by atoms with van der Waals surface area (Å²) in [6.45, 7) is 10.2. The van der Waals surface area contributed by atoms with Crippen molar-refractivity contribution < 1.29 is 0 Å². The first kappa shape index (κ1) is 12.5. The number of hydrogen-bond acceptors (Lipinski definition) is 0. The van der Waals surface area contributed by atoms with Crippen LogP contribution in [0.1, 0.15) is 53.9 Å². The minimum atomic E-state index is 0.546. The van der Waals surface area contributed by atoms with E-state index < -0.39 is 0 Å². The molecule has 2 aliphatic rings. The fourth-order valence-electron chi connectivity index (χ4n) is 1.78. The maximum absolute atomic E-state index is 2.44. The summed E-state index contributed by atoms with van der Waals surface area (Å²) in [5, 5.41) is 0. The van der Waals surface area contributed by atoms with E-state index in [9.17, 15) is 0 Å². The van der Waals surface area contributed by atoms with Crippen LogP contribution in [0.4, 0.5) is 0 Å². The summed E-state index contributed by atoms with van der Waals surface area (Å²) >= 11 is 0. The summed E-state index contributed by atoms with van der Waals surface area (Å²) in [5.74, 6) is 0. The summed E-state index contributed by atoms with van der Waals surface area (Å²) in [7, 11) is 0. The second kappa shape index (κ2) is 6.01. The predicted molar refractivity (Wildman–Crippen MR) is 61.9 cm³/mol. The van der Waals surface area contributed by atoms with E-state index in [0.717, 1.165) is 0 Å². The van der Waals surface area contributed by atoms with Crippen LogP contribution in [-0.2, 0) is 0 Å². The van der Waals surface area contributed by atoms with Gasteiger partial charge < -0.3 is 0 Å². The first-order chi connectivity index (χ1) is 6.31. The van der Waals surface area contributed by atoms with Crippen molar-refractivity contribution in [2.24, 2.45) is 5.41 Å². The molecule has 0 saturated heterocycles. The van der Waals surface area contributed by atoms with E-state index in [1.165, 1.54) is 19.3 Å². The van der Waals surface area contributed by atoms with Crippen LogP contribution in [0.3, 0.4) is 0 Å². The molecule has 2 rings (SSSR count). The van der Waals surface area contributed by atoms with Crippen molar-refractivity contribution in [1.82, 2.24) is 0 Å². The van der Waals surface area contributed by atoms with E-state index >= 15 is 0 Å². The van der Waals surface area contributed by atoms with Gasteiger partial charge >= 0.3 is 0 Å². The standard InChI is InChI=1S/C9H12.2C2H6/c1-8-3-6-9(7-8)4-2-5-9;2*1-2/h2,4,7H,3,5-6H2,1H3;2*1-2H3. The molecule has 1 atom stereocenters. The lowest BCUT2D eigenvalue weighted by Gasteiger charge is -2.28. The van der Waals surface area contributed by atoms with E-state index in [4.69, 9.17) is 0 Å². The lowest BCUT2D eigenvalue weighted by atomic mass is 9.76. The lowest BCUT2D eigenvalue weighted by Crippen LogP contribution is -2.16. The first-order valence-electron chi connectivity index (χ1n) is 5.67. The van der Waals surface area contributed by atoms with Gasteiger partial charge in [0.1, 0.15) is 0 Å². The molecular formula is C13H24. The molecule has 0 fully saturated rings. The van der Waals surface area contributed by atoms with Gasteiger partial charge in [-0.15, -0.1) is 0 Å². The van der Waals surface area contributed by atoms with Gasteiger partial charge in [0.05, 0.1) is 0 Å². The second-order valence-corrected chi connectivity index (χ2v) is 3.33. The Bertz CT molecular complexity index is 186. The summed E-state index contributed by atoms with van der Waals surface area (Å²) in [5.41, 5.74) is 2.13. The monoisotopic (exact) mass is 180 g/mol. The van der Waals surface area contributed by atoms with Crippen LogP contribution >= 0.6 is 0 Å². The van der Waals surface area contributed by atoms with Crippen LogP contribution in [0, 0.1) is 5.41 Å². The summed E-state index contributed by atoms with van der Waals surface area (Å²) < 4.78 is 0. The van der Waals surface area contributed by atoms with Gasteiger partial charge in [0.15, 0.2) is 0 Å². The molecule has 0 saturated carbocycles. The molecule has 0 amide bonds. The molecule has 0 heteroatoms. The number of rotatable bonds is 0. The summed E-state index contributed by atoms with van der Waals surface area (Å²) in [6, 6.07) is 0. The Morgan fingerprint density at radius 3 is 1.85 bits per heavy atom. The molecule has 1 unspecified atom stereocenters. The van der Waals surface area contributed by atoms with Crippen molar-refractivity contribution >= 4 is 0 Å². The zero-order valence-electron chi connectivity index (χ0n) is 9.85. The van der Waals surface area contributed by atoms with Crippen LogP contribution in [0.5, 0.6) is 0 Å². The highest BCUT2D eigenvalue weighted by molar-refractivity contribution is 5.28. The Labute approximate surface area is 83.7 Å². The Morgan fingerprint density at radius 2 is 1.69 bits per heavy atom. The van der Waals surface area contributed by atoms with Gasteiger partial charge in [-0.2, -0.15) is 0 Å². The fourth-order valence-corrected chi connectivity index (χ4v) is 1.78. The quantitative estimate of drug-likeness (QED) is 0.473. The highest BCUT2D eigenvalue weighted by atomic mass is 14.4. The van der Waals surface area contributed by atoms with Gasteiger partial charge in [0.2, 0.25) is 0 Å². The lowest BCUT2D eigenvalue weighted by molar-refractivity contribution is 0.446. The van der Waals surface area contributed by atoms with Crippen molar-refractivity contribution in [3.63, 3.8) is 0 Å².